The van der Waals surface area contributed by atoms with Gasteiger partial charge in [-0.2, -0.15) is 0 Å². The van der Waals surface area contributed by atoms with Crippen LogP contribution in [0.3, 0.4) is 0 Å². The molecule has 1 rings (SSSR count). The molecular weight excluding hydrogens is 192 g/mol. The summed E-state index contributed by atoms with van der Waals surface area (Å²) in [5.41, 5.74) is 0. The predicted molar refractivity (Wildman–Crippen MR) is 47.4 cm³/mol. The lowest BCUT2D eigenvalue weighted by molar-refractivity contribution is -0.143. The fourth-order valence-electron chi connectivity index (χ4n) is 2.06. The number of carboxylic acids is 1. The first-order chi connectivity index (χ1) is 6.46. The van der Waals surface area contributed by atoms with Gasteiger partial charge in [0, 0.05) is 12.8 Å². The third kappa shape index (κ3) is 2.64. The van der Waals surface area contributed by atoms with Crippen LogP contribution in [0.15, 0.2) is 0 Å². The van der Waals surface area contributed by atoms with Crippen LogP contribution in [0.25, 0.3) is 0 Å². The largest absolute Gasteiger partial charge is 0.480 e. The first-order valence-electron chi connectivity index (χ1n) is 4.74. The van der Waals surface area contributed by atoms with Gasteiger partial charge in [-0.1, -0.05) is 0 Å². The van der Waals surface area contributed by atoms with Gasteiger partial charge in [0.05, 0.1) is 0 Å². The van der Waals surface area contributed by atoms with Crippen molar-refractivity contribution < 1.29 is 18.7 Å². The van der Waals surface area contributed by atoms with Crippen molar-refractivity contribution >= 4 is 5.97 Å². The van der Waals surface area contributed by atoms with Crippen LogP contribution < -0.4 is 5.32 Å². The van der Waals surface area contributed by atoms with Gasteiger partial charge in [0.25, 0.3) is 0 Å². The number of alkyl halides is 2. The van der Waals surface area contributed by atoms with E-state index in [1.165, 1.54) is 7.05 Å². The Balaban J connectivity index is 2.62. The smallest absolute Gasteiger partial charge is 0.320 e. The van der Waals surface area contributed by atoms with Crippen molar-refractivity contribution in [3.63, 3.8) is 0 Å². The zero-order valence-electron chi connectivity index (χ0n) is 8.09. The van der Waals surface area contributed by atoms with E-state index in [1.807, 2.05) is 0 Å². The third-order valence-corrected chi connectivity index (χ3v) is 2.73. The number of nitrogens with one attached hydrogen (secondary N) is 1. The van der Waals surface area contributed by atoms with Gasteiger partial charge >= 0.3 is 5.97 Å². The Kier molecular flexibility index (Phi) is 3.42. The average molecular weight is 207 g/mol. The Morgan fingerprint density at radius 2 is 2.29 bits per heavy atom. The number of carboxylic acid groups (broad SMARTS) is 1. The second-order valence-electron chi connectivity index (χ2n) is 3.82. The SMILES string of the molecule is CN[C@H](C(=O)O)[C@H]1CCCC(F)(F)C1. The zero-order valence-corrected chi connectivity index (χ0v) is 8.09. The first-order valence-corrected chi connectivity index (χ1v) is 4.74. The summed E-state index contributed by atoms with van der Waals surface area (Å²) in [5, 5.41) is 11.4. The lowest BCUT2D eigenvalue weighted by Crippen LogP contribution is -2.44. The van der Waals surface area contributed by atoms with Gasteiger partial charge in [0.2, 0.25) is 5.92 Å². The Morgan fingerprint density at radius 3 is 2.71 bits per heavy atom. The van der Waals surface area contributed by atoms with Crippen molar-refractivity contribution in [2.75, 3.05) is 7.05 Å². The highest BCUT2D eigenvalue weighted by atomic mass is 19.3. The number of halogens is 2. The number of likely N-dealkylation sites (N-methyl/N-ethyl adjacent to an activating group) is 1. The molecule has 0 aromatic carbocycles. The average Bonchev–Trinajstić information content (AvgIpc) is 2.02. The lowest BCUT2D eigenvalue weighted by atomic mass is 9.82. The van der Waals surface area contributed by atoms with Crippen molar-refractivity contribution in [1.82, 2.24) is 5.32 Å². The van der Waals surface area contributed by atoms with E-state index in [9.17, 15) is 13.6 Å². The van der Waals surface area contributed by atoms with E-state index in [1.54, 1.807) is 0 Å². The van der Waals surface area contributed by atoms with E-state index in [2.05, 4.69) is 5.32 Å². The molecule has 14 heavy (non-hydrogen) atoms. The predicted octanol–water partition coefficient (Wildman–Crippen LogP) is 1.48. The summed E-state index contributed by atoms with van der Waals surface area (Å²) >= 11 is 0. The molecule has 0 radical (unpaired) electrons. The molecule has 0 aromatic rings. The summed E-state index contributed by atoms with van der Waals surface area (Å²) in [4.78, 5) is 10.7. The first kappa shape index (κ1) is 11.4. The minimum absolute atomic E-state index is 0.112. The molecule has 2 N–H and O–H groups in total. The van der Waals surface area contributed by atoms with Gasteiger partial charge in [-0.3, -0.25) is 4.79 Å². The number of carbonyl (C=O) groups is 1. The molecule has 3 nitrogen and oxygen atoms in total. The topological polar surface area (TPSA) is 49.3 Å². The van der Waals surface area contributed by atoms with Gasteiger partial charge in [0.1, 0.15) is 6.04 Å². The molecule has 0 unspecified atom stereocenters. The minimum atomic E-state index is -2.69. The summed E-state index contributed by atoms with van der Waals surface area (Å²) in [6.45, 7) is 0. The standard InChI is InChI=1S/C9H15F2NO2/c1-12-7(8(13)14)6-3-2-4-9(10,11)5-6/h6-7,12H,2-5H2,1H3,(H,13,14)/t6-,7-/m0/s1. The normalized spacial score (nSPS) is 28.4. The third-order valence-electron chi connectivity index (χ3n) is 2.73. The number of hydrogen-bond donors (Lipinski definition) is 2. The summed E-state index contributed by atoms with van der Waals surface area (Å²) in [5.74, 6) is -4.19. The second kappa shape index (κ2) is 4.21. The van der Waals surface area contributed by atoms with Crippen LogP contribution in [0, 0.1) is 5.92 Å². The van der Waals surface area contributed by atoms with Crippen LogP contribution in [0.5, 0.6) is 0 Å². The summed E-state index contributed by atoms with van der Waals surface area (Å²) in [6.07, 6.45) is 0.543. The van der Waals surface area contributed by atoms with Crippen molar-refractivity contribution in [2.45, 2.75) is 37.6 Å². The Labute approximate surface area is 81.5 Å². The van der Waals surface area contributed by atoms with Gasteiger partial charge in [0.15, 0.2) is 0 Å². The summed E-state index contributed by atoms with van der Waals surface area (Å²) in [6, 6.07) is -0.846. The molecule has 0 amide bonds. The highest BCUT2D eigenvalue weighted by Crippen LogP contribution is 2.37. The Hall–Kier alpha value is -0.710. The van der Waals surface area contributed by atoms with E-state index >= 15 is 0 Å². The fourth-order valence-corrected chi connectivity index (χ4v) is 2.06. The maximum atomic E-state index is 13.0. The van der Waals surface area contributed by atoms with E-state index < -0.39 is 23.9 Å². The quantitative estimate of drug-likeness (QED) is 0.737. The maximum Gasteiger partial charge on any atom is 0.320 e. The highest BCUT2D eigenvalue weighted by Gasteiger charge is 2.40. The van der Waals surface area contributed by atoms with Gasteiger partial charge < -0.3 is 10.4 Å². The van der Waals surface area contributed by atoms with Crippen LogP contribution in [-0.4, -0.2) is 30.1 Å². The molecule has 1 fully saturated rings. The molecule has 1 aliphatic carbocycles. The molecule has 1 aliphatic rings. The monoisotopic (exact) mass is 207 g/mol. The van der Waals surface area contributed by atoms with Crippen molar-refractivity contribution in [3.8, 4) is 0 Å². The minimum Gasteiger partial charge on any atom is -0.480 e. The van der Waals surface area contributed by atoms with Crippen molar-refractivity contribution in [1.29, 1.82) is 0 Å². The summed E-state index contributed by atoms with van der Waals surface area (Å²) in [7, 11) is 1.49. The van der Waals surface area contributed by atoms with E-state index in [-0.39, 0.29) is 12.8 Å². The molecule has 0 bridgehead atoms. The number of rotatable bonds is 3. The maximum absolute atomic E-state index is 13.0. The molecule has 0 heterocycles. The molecule has 5 heteroatoms. The molecule has 1 saturated carbocycles. The lowest BCUT2D eigenvalue weighted by Gasteiger charge is -2.32. The van der Waals surface area contributed by atoms with Crippen LogP contribution in [-0.2, 0) is 4.79 Å². The molecule has 2 atom stereocenters. The van der Waals surface area contributed by atoms with Crippen molar-refractivity contribution in [3.05, 3.63) is 0 Å². The van der Waals surface area contributed by atoms with Crippen molar-refractivity contribution in [2.24, 2.45) is 5.92 Å². The molecule has 82 valence electrons. The van der Waals surface area contributed by atoms with Gasteiger partial charge in [-0.25, -0.2) is 8.78 Å². The molecule has 0 aliphatic heterocycles. The number of hydrogen-bond acceptors (Lipinski definition) is 2. The summed E-state index contributed by atoms with van der Waals surface area (Å²) < 4.78 is 26.0. The molecule has 0 aromatic heterocycles. The molecule has 0 spiro atoms. The van der Waals surface area contributed by atoms with Gasteiger partial charge in [-0.05, 0) is 25.8 Å². The van der Waals surface area contributed by atoms with Gasteiger partial charge in [-0.15, -0.1) is 0 Å². The molecular formula is C9H15F2NO2. The fraction of sp³-hybridized carbons (Fsp3) is 0.889. The van der Waals surface area contributed by atoms with E-state index in [4.69, 9.17) is 5.11 Å². The Morgan fingerprint density at radius 1 is 1.64 bits per heavy atom. The van der Waals surface area contributed by atoms with Crippen LogP contribution in [0.4, 0.5) is 8.78 Å². The Bertz CT molecular complexity index is 221. The van der Waals surface area contributed by atoms with Crippen LogP contribution >= 0.6 is 0 Å². The zero-order chi connectivity index (χ0) is 10.8. The highest BCUT2D eigenvalue weighted by molar-refractivity contribution is 5.73. The second-order valence-corrected chi connectivity index (χ2v) is 3.82. The molecule has 0 saturated heterocycles. The van der Waals surface area contributed by atoms with E-state index in [0.717, 1.165) is 0 Å². The number of aliphatic carboxylic acids is 1. The van der Waals surface area contributed by atoms with E-state index in [0.29, 0.717) is 12.8 Å². The van der Waals surface area contributed by atoms with Crippen LogP contribution in [0.1, 0.15) is 25.7 Å². The van der Waals surface area contributed by atoms with Crippen LogP contribution in [0.2, 0.25) is 0 Å².